The van der Waals surface area contributed by atoms with Crippen LogP contribution in [0.3, 0.4) is 0 Å². The molecule has 4 heteroatoms. The molecular formula is C17H18N2O2. The van der Waals surface area contributed by atoms with E-state index in [1.807, 2.05) is 60.7 Å². The number of nitroso groups, excluding NO2 is 1. The van der Waals surface area contributed by atoms with Gasteiger partial charge < -0.3 is 5.11 Å². The van der Waals surface area contributed by atoms with Gasteiger partial charge in [-0.05, 0) is 24.0 Å². The van der Waals surface area contributed by atoms with E-state index in [9.17, 15) is 10.0 Å². The van der Waals surface area contributed by atoms with Gasteiger partial charge in [-0.3, -0.25) is 5.01 Å². The maximum absolute atomic E-state index is 11.5. The van der Waals surface area contributed by atoms with Crippen LogP contribution in [-0.4, -0.2) is 22.7 Å². The van der Waals surface area contributed by atoms with Crippen LogP contribution in [0.2, 0.25) is 0 Å². The van der Waals surface area contributed by atoms with Crippen LogP contribution in [-0.2, 0) is 5.60 Å². The summed E-state index contributed by atoms with van der Waals surface area (Å²) >= 11 is 0. The fraction of sp³-hybridized carbons (Fsp3) is 0.294. The number of rotatable bonds is 4. The van der Waals surface area contributed by atoms with E-state index in [-0.39, 0.29) is 6.04 Å². The largest absolute Gasteiger partial charge is 0.378 e. The Bertz CT molecular complexity index is 561. The van der Waals surface area contributed by atoms with Gasteiger partial charge in [0, 0.05) is 6.54 Å². The average molecular weight is 282 g/mol. The minimum atomic E-state index is -1.23. The maximum atomic E-state index is 11.5. The molecule has 1 N–H and O–H groups in total. The molecule has 1 fully saturated rings. The van der Waals surface area contributed by atoms with Crippen LogP contribution in [0.25, 0.3) is 0 Å². The highest BCUT2D eigenvalue weighted by Gasteiger charge is 2.46. The molecule has 0 saturated carbocycles. The summed E-state index contributed by atoms with van der Waals surface area (Å²) in [5.74, 6) is 0. The molecule has 2 aromatic rings. The third-order valence-electron chi connectivity index (χ3n) is 4.24. The Labute approximate surface area is 124 Å². The summed E-state index contributed by atoms with van der Waals surface area (Å²) in [6, 6.07) is 18.7. The highest BCUT2D eigenvalue weighted by Crippen LogP contribution is 2.40. The Morgan fingerprint density at radius 2 is 1.52 bits per heavy atom. The minimum Gasteiger partial charge on any atom is -0.378 e. The van der Waals surface area contributed by atoms with Crippen molar-refractivity contribution in [2.45, 2.75) is 24.5 Å². The molecule has 108 valence electrons. The van der Waals surface area contributed by atoms with Gasteiger partial charge >= 0.3 is 0 Å². The van der Waals surface area contributed by atoms with Crippen molar-refractivity contribution >= 4 is 0 Å². The zero-order chi connectivity index (χ0) is 14.7. The standard InChI is InChI=1S/C17H18N2O2/c20-17(14-8-3-1-4-9-14,15-10-5-2-6-11-15)16-12-7-13-19(16)18-21/h1-6,8-11,16,20H,7,12-13H2/t16-/m0/s1. The van der Waals surface area contributed by atoms with Gasteiger partial charge in [0.25, 0.3) is 0 Å². The van der Waals surface area contributed by atoms with Gasteiger partial charge in [0.15, 0.2) is 0 Å². The van der Waals surface area contributed by atoms with E-state index in [1.54, 1.807) is 0 Å². The molecular weight excluding hydrogens is 264 g/mol. The molecule has 0 bridgehead atoms. The highest BCUT2D eigenvalue weighted by molar-refractivity contribution is 5.38. The molecule has 1 aliphatic heterocycles. The summed E-state index contributed by atoms with van der Waals surface area (Å²) in [4.78, 5) is 11.1. The summed E-state index contributed by atoms with van der Waals surface area (Å²) < 4.78 is 0. The van der Waals surface area contributed by atoms with Crippen LogP contribution in [0.4, 0.5) is 0 Å². The normalized spacial score (nSPS) is 18.7. The second-order valence-electron chi connectivity index (χ2n) is 5.40. The number of hydrogen-bond donors (Lipinski definition) is 1. The molecule has 0 amide bonds. The number of nitrogens with zero attached hydrogens (tertiary/aromatic N) is 2. The lowest BCUT2D eigenvalue weighted by molar-refractivity contribution is -0.00368. The Kier molecular flexibility index (Phi) is 3.71. The molecule has 0 spiro atoms. The summed E-state index contributed by atoms with van der Waals surface area (Å²) in [6.45, 7) is 0.593. The van der Waals surface area contributed by atoms with Gasteiger partial charge in [-0.1, -0.05) is 60.7 Å². The SMILES string of the molecule is O=NN1CCC[C@H]1C(O)(c1ccccc1)c1ccccc1. The Morgan fingerprint density at radius 3 is 2.00 bits per heavy atom. The van der Waals surface area contributed by atoms with E-state index >= 15 is 0 Å². The van der Waals surface area contributed by atoms with Gasteiger partial charge in [0.05, 0.1) is 11.3 Å². The van der Waals surface area contributed by atoms with E-state index in [4.69, 9.17) is 0 Å². The van der Waals surface area contributed by atoms with Crippen LogP contribution >= 0.6 is 0 Å². The first kappa shape index (κ1) is 13.8. The van der Waals surface area contributed by atoms with Crippen molar-refractivity contribution in [2.24, 2.45) is 5.29 Å². The molecule has 3 rings (SSSR count). The summed E-state index contributed by atoms with van der Waals surface area (Å²) in [5, 5.41) is 16.1. The highest BCUT2D eigenvalue weighted by atomic mass is 16.3. The van der Waals surface area contributed by atoms with Crippen molar-refractivity contribution in [1.82, 2.24) is 5.01 Å². The van der Waals surface area contributed by atoms with Gasteiger partial charge in [-0.2, -0.15) is 0 Å². The van der Waals surface area contributed by atoms with Gasteiger partial charge in [-0.25, -0.2) is 0 Å². The fourth-order valence-electron chi connectivity index (χ4n) is 3.21. The first-order valence-corrected chi connectivity index (χ1v) is 7.20. The first-order valence-electron chi connectivity index (χ1n) is 7.20. The predicted octanol–water partition coefficient (Wildman–Crippen LogP) is 3.07. The first-order chi connectivity index (χ1) is 10.3. The molecule has 2 aromatic carbocycles. The predicted molar refractivity (Wildman–Crippen MR) is 81.4 cm³/mol. The lowest BCUT2D eigenvalue weighted by Crippen LogP contribution is -2.46. The van der Waals surface area contributed by atoms with Crippen molar-refractivity contribution in [2.75, 3.05) is 6.54 Å². The third kappa shape index (κ3) is 2.32. The van der Waals surface area contributed by atoms with Gasteiger partial charge in [-0.15, -0.1) is 4.91 Å². The average Bonchev–Trinajstić information content (AvgIpc) is 3.05. The van der Waals surface area contributed by atoms with Crippen LogP contribution in [0.5, 0.6) is 0 Å². The number of benzene rings is 2. The van der Waals surface area contributed by atoms with Crippen molar-refractivity contribution < 1.29 is 5.11 Å². The maximum Gasteiger partial charge on any atom is 0.137 e. The zero-order valence-electron chi connectivity index (χ0n) is 11.7. The van der Waals surface area contributed by atoms with E-state index in [2.05, 4.69) is 5.29 Å². The minimum absolute atomic E-state index is 0.334. The zero-order valence-corrected chi connectivity index (χ0v) is 11.7. The molecule has 0 radical (unpaired) electrons. The van der Waals surface area contributed by atoms with Gasteiger partial charge in [0.1, 0.15) is 5.60 Å². The van der Waals surface area contributed by atoms with Crippen molar-refractivity contribution in [3.8, 4) is 0 Å². The summed E-state index contributed by atoms with van der Waals surface area (Å²) in [5.41, 5.74) is 0.348. The van der Waals surface area contributed by atoms with E-state index in [1.165, 1.54) is 5.01 Å². The van der Waals surface area contributed by atoms with Crippen molar-refractivity contribution in [1.29, 1.82) is 0 Å². The quantitative estimate of drug-likeness (QED) is 0.877. The second-order valence-corrected chi connectivity index (χ2v) is 5.40. The molecule has 4 nitrogen and oxygen atoms in total. The molecule has 1 aliphatic rings. The second kappa shape index (κ2) is 5.66. The summed E-state index contributed by atoms with van der Waals surface area (Å²) in [7, 11) is 0. The lowest BCUT2D eigenvalue weighted by Gasteiger charge is -2.37. The number of hydrogen-bond acceptors (Lipinski definition) is 3. The Morgan fingerprint density at radius 1 is 1.00 bits per heavy atom. The van der Waals surface area contributed by atoms with E-state index in [0.717, 1.165) is 24.0 Å². The summed E-state index contributed by atoms with van der Waals surface area (Å²) in [6.07, 6.45) is 1.60. The Balaban J connectivity index is 2.13. The Hall–Kier alpha value is -2.20. The van der Waals surface area contributed by atoms with E-state index in [0.29, 0.717) is 6.54 Å². The number of aliphatic hydroxyl groups is 1. The van der Waals surface area contributed by atoms with Gasteiger partial charge in [0.2, 0.25) is 0 Å². The van der Waals surface area contributed by atoms with Crippen LogP contribution in [0.1, 0.15) is 24.0 Å². The van der Waals surface area contributed by atoms with Crippen LogP contribution < -0.4 is 0 Å². The molecule has 0 aromatic heterocycles. The molecule has 1 saturated heterocycles. The van der Waals surface area contributed by atoms with Crippen LogP contribution in [0, 0.1) is 4.91 Å². The van der Waals surface area contributed by atoms with Crippen molar-refractivity contribution in [3.63, 3.8) is 0 Å². The monoisotopic (exact) mass is 282 g/mol. The van der Waals surface area contributed by atoms with Crippen molar-refractivity contribution in [3.05, 3.63) is 76.7 Å². The fourth-order valence-corrected chi connectivity index (χ4v) is 3.21. The molecule has 1 heterocycles. The third-order valence-corrected chi connectivity index (χ3v) is 4.24. The van der Waals surface area contributed by atoms with E-state index < -0.39 is 5.60 Å². The lowest BCUT2D eigenvalue weighted by atomic mass is 9.79. The van der Waals surface area contributed by atoms with Crippen LogP contribution in [0.15, 0.2) is 65.9 Å². The molecule has 21 heavy (non-hydrogen) atoms. The topological polar surface area (TPSA) is 52.9 Å². The molecule has 0 aliphatic carbocycles. The molecule has 1 atom stereocenters. The molecule has 0 unspecified atom stereocenters. The smallest absolute Gasteiger partial charge is 0.137 e.